The van der Waals surface area contributed by atoms with E-state index in [4.69, 9.17) is 17.2 Å². The Labute approximate surface area is 154 Å². The Bertz CT molecular complexity index is 1060. The van der Waals surface area contributed by atoms with E-state index >= 15 is 0 Å². The van der Waals surface area contributed by atoms with Crippen molar-refractivity contribution < 1.29 is 4.79 Å². The van der Waals surface area contributed by atoms with Gasteiger partial charge in [-0.25, -0.2) is 4.98 Å². The van der Waals surface area contributed by atoms with E-state index in [1.165, 1.54) is 11.8 Å². The molecule has 1 aromatic carbocycles. The number of benzene rings is 1. The predicted molar refractivity (Wildman–Crippen MR) is 106 cm³/mol. The number of thioether (sulfide) groups is 1. The quantitative estimate of drug-likeness (QED) is 0.549. The number of carbonyl (C=O) groups excluding carboxylic acids is 1. The fourth-order valence-corrected chi connectivity index (χ4v) is 3.77. The molecule has 122 valence electrons. The molecule has 25 heavy (non-hydrogen) atoms. The summed E-state index contributed by atoms with van der Waals surface area (Å²) in [4.78, 5) is 21.5. The molecule has 0 aliphatic carbocycles. The maximum atomic E-state index is 11.8. The average molecular weight is 363 g/mol. The van der Waals surface area contributed by atoms with Gasteiger partial charge in [0.15, 0.2) is 0 Å². The first kappa shape index (κ1) is 15.9. The third kappa shape index (κ3) is 3.18. The molecule has 0 radical (unpaired) electrons. The molecule has 1 aliphatic rings. The number of nitrogens with zero attached hydrogens (tertiary/aromatic N) is 2. The normalized spacial score (nSPS) is 15.8. The lowest BCUT2D eigenvalue weighted by Gasteiger charge is -2.08. The Morgan fingerprint density at radius 3 is 2.88 bits per heavy atom. The number of pyridine rings is 2. The molecular weight excluding hydrogens is 350 g/mol. The van der Waals surface area contributed by atoms with E-state index in [9.17, 15) is 4.79 Å². The van der Waals surface area contributed by atoms with Crippen LogP contribution in [0, 0.1) is 6.92 Å². The molecule has 3 aromatic rings. The second-order valence-electron chi connectivity index (χ2n) is 5.66. The van der Waals surface area contributed by atoms with Gasteiger partial charge >= 0.3 is 0 Å². The lowest BCUT2D eigenvalue weighted by molar-refractivity contribution is -0.115. The van der Waals surface area contributed by atoms with Gasteiger partial charge in [0.1, 0.15) is 4.32 Å². The molecule has 0 bridgehead atoms. The fraction of sp³-hybridized carbons (Fsp3) is 0.0526. The van der Waals surface area contributed by atoms with E-state index in [0.717, 1.165) is 33.4 Å². The highest BCUT2D eigenvalue weighted by Crippen LogP contribution is 2.28. The van der Waals surface area contributed by atoms with Crippen LogP contribution in [0.25, 0.3) is 28.2 Å². The average Bonchev–Trinajstić information content (AvgIpc) is 2.91. The highest BCUT2D eigenvalue weighted by atomic mass is 32.2. The lowest BCUT2D eigenvalue weighted by atomic mass is 10.0. The number of aromatic nitrogens is 2. The van der Waals surface area contributed by atoms with Crippen molar-refractivity contribution in [3.63, 3.8) is 0 Å². The molecule has 4 rings (SSSR count). The van der Waals surface area contributed by atoms with Crippen molar-refractivity contribution in [1.82, 2.24) is 15.3 Å². The van der Waals surface area contributed by atoms with Crippen molar-refractivity contribution in [2.45, 2.75) is 6.92 Å². The minimum Gasteiger partial charge on any atom is -0.307 e. The minimum absolute atomic E-state index is 0.171. The molecule has 1 aliphatic heterocycles. The van der Waals surface area contributed by atoms with Gasteiger partial charge < -0.3 is 5.32 Å². The number of carbonyl (C=O) groups is 1. The summed E-state index contributed by atoms with van der Waals surface area (Å²) in [5.74, 6) is -0.171. The standard InChI is InChI=1S/C19H13N3OS2/c1-11-8-16-12(4-3-7-20-16)9-14(11)15-6-2-5-13(21-15)10-17-18(23)22-19(24)25-17/h2-10H,1H3,(H,22,23,24)/b17-10-. The molecule has 0 saturated carbocycles. The van der Waals surface area contributed by atoms with Crippen LogP contribution in [0.1, 0.15) is 11.3 Å². The van der Waals surface area contributed by atoms with Gasteiger partial charge in [0, 0.05) is 17.1 Å². The van der Waals surface area contributed by atoms with Crippen LogP contribution in [0.4, 0.5) is 0 Å². The molecule has 0 spiro atoms. The van der Waals surface area contributed by atoms with Gasteiger partial charge in [-0.15, -0.1) is 0 Å². The van der Waals surface area contributed by atoms with Crippen molar-refractivity contribution in [3.8, 4) is 11.3 Å². The van der Waals surface area contributed by atoms with Crippen LogP contribution in [-0.4, -0.2) is 20.2 Å². The van der Waals surface area contributed by atoms with E-state index in [0.29, 0.717) is 9.23 Å². The molecule has 2 aromatic heterocycles. The highest BCUT2D eigenvalue weighted by molar-refractivity contribution is 8.26. The van der Waals surface area contributed by atoms with Crippen LogP contribution in [0.5, 0.6) is 0 Å². The van der Waals surface area contributed by atoms with E-state index in [1.54, 1.807) is 12.3 Å². The third-order valence-corrected chi connectivity index (χ3v) is 5.08. The number of amides is 1. The van der Waals surface area contributed by atoms with Crippen molar-refractivity contribution in [1.29, 1.82) is 0 Å². The number of hydrogen-bond acceptors (Lipinski definition) is 5. The summed E-state index contributed by atoms with van der Waals surface area (Å²) < 4.78 is 0.477. The van der Waals surface area contributed by atoms with Gasteiger partial charge in [-0.05, 0) is 48.9 Å². The number of aryl methyl sites for hydroxylation is 1. The van der Waals surface area contributed by atoms with Crippen LogP contribution in [0.15, 0.2) is 53.6 Å². The summed E-state index contributed by atoms with van der Waals surface area (Å²) in [6, 6.07) is 13.9. The molecule has 1 saturated heterocycles. The zero-order valence-electron chi connectivity index (χ0n) is 13.3. The Hall–Kier alpha value is -2.57. The van der Waals surface area contributed by atoms with E-state index in [2.05, 4.69) is 29.4 Å². The Morgan fingerprint density at radius 2 is 2.08 bits per heavy atom. The van der Waals surface area contributed by atoms with Gasteiger partial charge in [-0.3, -0.25) is 9.78 Å². The third-order valence-electron chi connectivity index (χ3n) is 3.92. The van der Waals surface area contributed by atoms with Crippen molar-refractivity contribution >= 4 is 51.2 Å². The fourth-order valence-electron chi connectivity index (χ4n) is 2.74. The molecular formula is C19H13N3OS2. The van der Waals surface area contributed by atoms with Crippen molar-refractivity contribution in [2.24, 2.45) is 0 Å². The van der Waals surface area contributed by atoms with Gasteiger partial charge in [-0.2, -0.15) is 0 Å². The van der Waals surface area contributed by atoms with E-state index in [1.807, 2.05) is 30.3 Å². The van der Waals surface area contributed by atoms with Gasteiger partial charge in [0.25, 0.3) is 5.91 Å². The molecule has 1 N–H and O–H groups in total. The highest BCUT2D eigenvalue weighted by Gasteiger charge is 2.22. The first-order valence-electron chi connectivity index (χ1n) is 7.68. The number of rotatable bonds is 2. The molecule has 4 nitrogen and oxygen atoms in total. The summed E-state index contributed by atoms with van der Waals surface area (Å²) in [5.41, 5.74) is 4.72. The van der Waals surface area contributed by atoms with Gasteiger partial charge in [0.2, 0.25) is 0 Å². The first-order chi connectivity index (χ1) is 12.1. The van der Waals surface area contributed by atoms with Crippen molar-refractivity contribution in [3.05, 3.63) is 64.8 Å². The maximum absolute atomic E-state index is 11.8. The summed E-state index contributed by atoms with van der Waals surface area (Å²) in [6.07, 6.45) is 3.56. The SMILES string of the molecule is Cc1cc2ncccc2cc1-c1cccc(/C=C2\SC(=S)NC2=O)n1. The zero-order valence-corrected chi connectivity index (χ0v) is 14.9. The van der Waals surface area contributed by atoms with Gasteiger partial charge in [0.05, 0.1) is 21.8 Å². The molecule has 1 amide bonds. The molecule has 0 unspecified atom stereocenters. The smallest absolute Gasteiger partial charge is 0.263 e. The predicted octanol–water partition coefficient (Wildman–Crippen LogP) is 4.09. The minimum atomic E-state index is -0.171. The van der Waals surface area contributed by atoms with Crippen molar-refractivity contribution in [2.75, 3.05) is 0 Å². The van der Waals surface area contributed by atoms with E-state index < -0.39 is 0 Å². The van der Waals surface area contributed by atoms with Crippen LogP contribution >= 0.6 is 24.0 Å². The monoisotopic (exact) mass is 363 g/mol. The molecule has 3 heterocycles. The number of nitrogens with one attached hydrogen (secondary N) is 1. The second kappa shape index (κ2) is 6.38. The van der Waals surface area contributed by atoms with E-state index in [-0.39, 0.29) is 5.91 Å². The van der Waals surface area contributed by atoms with Crippen LogP contribution in [0.2, 0.25) is 0 Å². The summed E-state index contributed by atoms with van der Waals surface area (Å²) in [7, 11) is 0. The lowest BCUT2D eigenvalue weighted by Crippen LogP contribution is -2.17. The van der Waals surface area contributed by atoms with Crippen LogP contribution in [-0.2, 0) is 4.79 Å². The number of hydrogen-bond donors (Lipinski definition) is 1. The maximum Gasteiger partial charge on any atom is 0.263 e. The molecule has 6 heteroatoms. The molecule has 1 fully saturated rings. The first-order valence-corrected chi connectivity index (χ1v) is 8.90. The second-order valence-corrected chi connectivity index (χ2v) is 7.38. The summed E-state index contributed by atoms with van der Waals surface area (Å²) in [6.45, 7) is 2.05. The summed E-state index contributed by atoms with van der Waals surface area (Å²) >= 11 is 6.28. The topological polar surface area (TPSA) is 54.9 Å². The Morgan fingerprint density at radius 1 is 1.20 bits per heavy atom. The summed E-state index contributed by atoms with van der Waals surface area (Å²) in [5, 5.41) is 3.69. The number of thiocarbonyl (C=S) groups is 1. The van der Waals surface area contributed by atoms with Gasteiger partial charge in [-0.1, -0.05) is 36.1 Å². The largest absolute Gasteiger partial charge is 0.307 e. The zero-order chi connectivity index (χ0) is 17.4. The number of fused-ring (bicyclic) bond motifs is 1. The Kier molecular flexibility index (Phi) is 4.07. The van der Waals surface area contributed by atoms with Crippen LogP contribution in [0.3, 0.4) is 0 Å². The molecule has 0 atom stereocenters. The van der Waals surface area contributed by atoms with Crippen LogP contribution < -0.4 is 5.32 Å². The Balaban J connectivity index is 1.77.